The monoisotopic (exact) mass is 88.0 g/mol. The van der Waals surface area contributed by atoms with Crippen molar-refractivity contribution in [2.45, 2.75) is 0 Å². The van der Waals surface area contributed by atoms with Gasteiger partial charge >= 0.3 is 18.9 Å². The number of terminal acetylenes is 2. The van der Waals surface area contributed by atoms with E-state index >= 15 is 0 Å². The van der Waals surface area contributed by atoms with Crippen molar-refractivity contribution in [3.63, 3.8) is 0 Å². The Kier molecular flexibility index (Phi) is 13.8. The molecule has 0 saturated carbocycles. The van der Waals surface area contributed by atoms with E-state index in [1.165, 1.54) is 0 Å². The van der Waals surface area contributed by atoms with Gasteiger partial charge in [-0.2, -0.15) is 0 Å². The van der Waals surface area contributed by atoms with Crippen molar-refractivity contribution in [3.8, 4) is 23.9 Å². The van der Waals surface area contributed by atoms with Gasteiger partial charge in [0.15, 0.2) is 9.52 Å². The molecule has 26 valence electrons. The minimum absolute atomic E-state index is 0. The summed E-state index contributed by atoms with van der Waals surface area (Å²) in [5.74, 6) is 0. The first kappa shape index (κ1) is 9.33. The van der Waals surface area contributed by atoms with Crippen LogP contribution in [-0.4, -0.2) is 28.4 Å². The van der Waals surface area contributed by atoms with E-state index in [0.717, 1.165) is 0 Å². The third-order valence-corrected chi connectivity index (χ3v) is 0.612. The second kappa shape index (κ2) is 8.87. The van der Waals surface area contributed by atoms with E-state index in [1.54, 1.807) is 0 Å². The molecule has 2 heteroatoms. The predicted molar refractivity (Wildman–Crippen MR) is 33.4 cm³/mol. The third kappa shape index (κ3) is 9.05. The molecule has 0 radical (unpaired) electrons. The van der Waals surface area contributed by atoms with Crippen LogP contribution in [0.2, 0.25) is 0 Å². The topological polar surface area (TPSA) is 0 Å². The van der Waals surface area contributed by atoms with Crippen LogP contribution < -0.4 is 0 Å². The van der Waals surface area contributed by atoms with Crippen molar-refractivity contribution >= 4 is 28.4 Å². The van der Waals surface area contributed by atoms with Gasteiger partial charge in [-0.3, -0.25) is 0 Å². The van der Waals surface area contributed by atoms with Crippen molar-refractivity contribution in [2.24, 2.45) is 0 Å². The zero-order chi connectivity index (χ0) is 4.12. The molecule has 0 aliphatic heterocycles. The molecule has 0 amide bonds. The zero-order valence-electron chi connectivity index (χ0n) is 2.86. The van der Waals surface area contributed by atoms with Crippen molar-refractivity contribution < 1.29 is 0 Å². The first-order chi connectivity index (χ1) is 2.41. The summed E-state index contributed by atoms with van der Waals surface area (Å²) in [5, 5.41) is 0. The van der Waals surface area contributed by atoms with Gasteiger partial charge in [0.2, 0.25) is 0 Å². The fourth-order valence-corrected chi connectivity index (χ4v) is 0.177. The van der Waals surface area contributed by atoms with Gasteiger partial charge in [-0.1, -0.05) is 0 Å². The van der Waals surface area contributed by atoms with Crippen molar-refractivity contribution in [3.05, 3.63) is 0 Å². The Morgan fingerprint density at radius 3 is 1.50 bits per heavy atom. The molecule has 0 aromatic carbocycles. The molecule has 0 bridgehead atoms. The fourth-order valence-electron chi connectivity index (χ4n) is 0.0589. The second-order valence-corrected chi connectivity index (χ2v) is 1.76. The van der Waals surface area contributed by atoms with Gasteiger partial charge in [0, 0.05) is 0 Å². The molecule has 0 N–H and O–H groups in total. The van der Waals surface area contributed by atoms with Crippen molar-refractivity contribution in [1.82, 2.24) is 0 Å². The summed E-state index contributed by atoms with van der Waals surface area (Å²) in [6.07, 6.45) is 9.62. The summed E-state index contributed by atoms with van der Waals surface area (Å²) in [5.41, 5.74) is 4.84. The standard InChI is InChI=1S/C4H4Si.Li.H/c1-3-5-4-2;;/h1-2H,5H2;;. The van der Waals surface area contributed by atoms with Gasteiger partial charge in [0.05, 0.1) is 0 Å². The number of hydrogen-bond acceptors (Lipinski definition) is 0. The number of rotatable bonds is 0. The van der Waals surface area contributed by atoms with Crippen LogP contribution in [0, 0.1) is 23.9 Å². The van der Waals surface area contributed by atoms with E-state index < -0.39 is 9.52 Å². The molecule has 0 spiro atoms. The summed E-state index contributed by atoms with van der Waals surface area (Å²) in [7, 11) is -0.512. The van der Waals surface area contributed by atoms with E-state index in [0.29, 0.717) is 0 Å². The van der Waals surface area contributed by atoms with Crippen LogP contribution in [0.5, 0.6) is 0 Å². The van der Waals surface area contributed by atoms with Crippen LogP contribution in [0.4, 0.5) is 0 Å². The van der Waals surface area contributed by atoms with Gasteiger partial charge in [0.25, 0.3) is 0 Å². The van der Waals surface area contributed by atoms with Crippen LogP contribution in [0.15, 0.2) is 0 Å². The van der Waals surface area contributed by atoms with Crippen LogP contribution in [-0.2, 0) is 0 Å². The van der Waals surface area contributed by atoms with Gasteiger partial charge in [0.1, 0.15) is 0 Å². The predicted octanol–water partition coefficient (Wildman–Crippen LogP) is -1.31. The molecule has 0 aliphatic carbocycles. The molecular weight excluding hydrogens is 83.1 g/mol. The Labute approximate surface area is 52.7 Å². The van der Waals surface area contributed by atoms with E-state index in [-0.39, 0.29) is 18.9 Å². The van der Waals surface area contributed by atoms with Crippen LogP contribution >= 0.6 is 0 Å². The molecular formula is C4H5LiSi. The molecule has 0 aliphatic rings. The fraction of sp³-hybridized carbons (Fsp3) is 0. The van der Waals surface area contributed by atoms with Crippen molar-refractivity contribution in [2.75, 3.05) is 0 Å². The van der Waals surface area contributed by atoms with Crippen LogP contribution in [0.25, 0.3) is 0 Å². The van der Waals surface area contributed by atoms with Crippen LogP contribution in [0.1, 0.15) is 0 Å². The Hall–Kier alpha value is -0.0657. The van der Waals surface area contributed by atoms with E-state index in [1.807, 2.05) is 0 Å². The molecule has 0 aromatic heterocycles. The summed E-state index contributed by atoms with van der Waals surface area (Å²) >= 11 is 0. The van der Waals surface area contributed by atoms with Gasteiger partial charge in [-0.25, -0.2) is 0 Å². The van der Waals surface area contributed by atoms with Crippen LogP contribution in [0.3, 0.4) is 0 Å². The molecule has 6 heavy (non-hydrogen) atoms. The van der Waals surface area contributed by atoms with Gasteiger partial charge in [-0.05, 0) is 0 Å². The quantitative estimate of drug-likeness (QED) is 0.255. The molecule has 0 fully saturated rings. The average molecular weight is 88.1 g/mol. The Morgan fingerprint density at radius 2 is 1.50 bits per heavy atom. The first-order valence-corrected chi connectivity index (χ1v) is 2.70. The third-order valence-electron chi connectivity index (χ3n) is 0.204. The molecule has 0 nitrogen and oxygen atoms in total. The Bertz CT molecular complexity index is 72.7. The summed E-state index contributed by atoms with van der Waals surface area (Å²) in [6, 6.07) is 0. The SMILES string of the molecule is C#C[SiH2]C#C.[LiH]. The average Bonchev–Trinajstić information content (AvgIpc) is 1.41. The first-order valence-electron chi connectivity index (χ1n) is 1.28. The molecule has 0 aromatic rings. The summed E-state index contributed by atoms with van der Waals surface area (Å²) in [4.78, 5) is 0. The molecule has 0 saturated heterocycles. The van der Waals surface area contributed by atoms with E-state index in [2.05, 4.69) is 11.1 Å². The number of hydrogen-bond donors (Lipinski definition) is 0. The summed E-state index contributed by atoms with van der Waals surface area (Å²) in [6.45, 7) is 0. The molecule has 0 atom stereocenters. The van der Waals surface area contributed by atoms with Crippen molar-refractivity contribution in [1.29, 1.82) is 0 Å². The Balaban J connectivity index is 0. The zero-order valence-corrected chi connectivity index (χ0v) is 4.28. The molecule has 0 rings (SSSR count). The minimum atomic E-state index is -0.512. The summed E-state index contributed by atoms with van der Waals surface area (Å²) < 4.78 is 0. The second-order valence-electron chi connectivity index (χ2n) is 0.585. The van der Waals surface area contributed by atoms with E-state index in [9.17, 15) is 0 Å². The Morgan fingerprint density at radius 1 is 1.17 bits per heavy atom. The van der Waals surface area contributed by atoms with Gasteiger partial charge < -0.3 is 0 Å². The van der Waals surface area contributed by atoms with Gasteiger partial charge in [-0.15, -0.1) is 23.9 Å². The maximum atomic E-state index is 4.81. The molecule has 0 unspecified atom stereocenters. The maximum absolute atomic E-state index is 4.81. The van der Waals surface area contributed by atoms with E-state index in [4.69, 9.17) is 12.8 Å². The molecule has 0 heterocycles. The normalized spacial score (nSPS) is 3.67.